The molecule has 4 rings (SSSR count). The maximum Gasteiger partial charge on any atom is 0.229 e. The lowest BCUT2D eigenvalue weighted by molar-refractivity contribution is -0.118. The molecule has 0 spiro atoms. The molecule has 7 nitrogen and oxygen atoms in total. The van der Waals surface area contributed by atoms with Gasteiger partial charge in [0.2, 0.25) is 5.91 Å². The largest absolute Gasteiger partial charge is 0.497 e. The van der Waals surface area contributed by atoms with Gasteiger partial charge in [0, 0.05) is 23.7 Å². The first-order valence-corrected chi connectivity index (χ1v) is 12.9. The van der Waals surface area contributed by atoms with Crippen molar-refractivity contribution in [1.82, 2.24) is 9.97 Å². The predicted octanol–water partition coefficient (Wildman–Crippen LogP) is 5.82. The second kappa shape index (κ2) is 11.9. The molecule has 1 amide bonds. The minimum atomic E-state index is 0.0223. The smallest absolute Gasteiger partial charge is 0.229 e. The Labute approximate surface area is 213 Å². The van der Waals surface area contributed by atoms with Crippen LogP contribution in [-0.2, 0) is 11.3 Å². The molecular formula is C26H27N3O4S2. The van der Waals surface area contributed by atoms with Gasteiger partial charge in [-0.1, -0.05) is 11.3 Å². The Kier molecular flexibility index (Phi) is 8.44. The van der Waals surface area contributed by atoms with Crippen LogP contribution in [0.15, 0.2) is 65.8 Å². The first-order valence-electron chi connectivity index (χ1n) is 11.1. The van der Waals surface area contributed by atoms with Crippen LogP contribution in [0.3, 0.4) is 0 Å². The quantitative estimate of drug-likeness (QED) is 0.186. The third-order valence-corrected chi connectivity index (χ3v) is 7.58. The molecule has 0 aliphatic rings. The van der Waals surface area contributed by atoms with E-state index < -0.39 is 0 Å². The molecule has 182 valence electrons. The normalized spacial score (nSPS) is 10.8. The molecule has 0 fully saturated rings. The van der Waals surface area contributed by atoms with E-state index in [1.165, 1.54) is 11.3 Å². The number of aromatic nitrogens is 2. The molecule has 0 bridgehead atoms. The minimum Gasteiger partial charge on any atom is -0.497 e. The molecule has 2 aromatic heterocycles. The van der Waals surface area contributed by atoms with Crippen LogP contribution in [0.5, 0.6) is 17.2 Å². The fourth-order valence-corrected chi connectivity index (χ4v) is 5.49. The van der Waals surface area contributed by atoms with Gasteiger partial charge in [-0.3, -0.25) is 14.7 Å². The molecular weight excluding hydrogens is 482 g/mol. The lowest BCUT2D eigenvalue weighted by Gasteiger charge is -2.20. The standard InChI is InChI=1S/C26H27N3O4S2/c1-31-19-6-8-20(9-7-19)34-16-4-5-23(30)29(17-18-12-14-27-15-13-18)26-28-24-21(32-2)10-11-22(33-3)25(24)35-26/h6-15H,4-5,16-17H2,1-3H3. The van der Waals surface area contributed by atoms with Gasteiger partial charge in [0.15, 0.2) is 5.13 Å². The van der Waals surface area contributed by atoms with Crippen molar-refractivity contribution in [2.45, 2.75) is 24.3 Å². The van der Waals surface area contributed by atoms with Crippen LogP contribution < -0.4 is 19.1 Å². The van der Waals surface area contributed by atoms with Crippen LogP contribution in [0, 0.1) is 0 Å². The summed E-state index contributed by atoms with van der Waals surface area (Å²) in [5.74, 6) is 3.05. The Balaban J connectivity index is 1.51. The number of anilines is 1. The monoisotopic (exact) mass is 509 g/mol. The Bertz CT molecular complexity index is 1220. The summed E-state index contributed by atoms with van der Waals surface area (Å²) in [4.78, 5) is 25.2. The topological polar surface area (TPSA) is 73.8 Å². The number of methoxy groups -OCH3 is 3. The molecule has 2 aromatic carbocycles. The molecule has 0 N–H and O–H groups in total. The third kappa shape index (κ3) is 6.04. The van der Waals surface area contributed by atoms with E-state index in [9.17, 15) is 4.79 Å². The summed E-state index contributed by atoms with van der Waals surface area (Å²) in [5.41, 5.74) is 1.67. The summed E-state index contributed by atoms with van der Waals surface area (Å²) < 4.78 is 17.1. The molecule has 2 heterocycles. The minimum absolute atomic E-state index is 0.0223. The van der Waals surface area contributed by atoms with Crippen molar-refractivity contribution < 1.29 is 19.0 Å². The zero-order valence-corrected chi connectivity index (χ0v) is 21.5. The lowest BCUT2D eigenvalue weighted by atomic mass is 10.2. The number of carbonyl (C=O) groups excluding carboxylic acids is 1. The molecule has 0 unspecified atom stereocenters. The molecule has 0 saturated heterocycles. The molecule has 4 aromatic rings. The van der Waals surface area contributed by atoms with E-state index in [1.807, 2.05) is 48.5 Å². The van der Waals surface area contributed by atoms with Crippen molar-refractivity contribution in [3.8, 4) is 17.2 Å². The number of thiazole rings is 1. The van der Waals surface area contributed by atoms with Gasteiger partial charge in [-0.25, -0.2) is 4.98 Å². The molecule has 0 atom stereocenters. The number of rotatable bonds is 11. The van der Waals surface area contributed by atoms with E-state index in [-0.39, 0.29) is 5.91 Å². The number of pyridine rings is 1. The van der Waals surface area contributed by atoms with Crippen LogP contribution in [0.4, 0.5) is 5.13 Å². The van der Waals surface area contributed by atoms with Gasteiger partial charge in [0.1, 0.15) is 27.5 Å². The fraction of sp³-hybridized carbons (Fsp3) is 0.269. The number of amides is 1. The van der Waals surface area contributed by atoms with Gasteiger partial charge in [0.05, 0.1) is 27.9 Å². The third-order valence-electron chi connectivity index (χ3n) is 5.38. The summed E-state index contributed by atoms with van der Waals surface area (Å²) in [6.45, 7) is 0.414. The number of fused-ring (bicyclic) bond motifs is 1. The van der Waals surface area contributed by atoms with Crippen LogP contribution in [0.2, 0.25) is 0 Å². The first kappa shape index (κ1) is 24.8. The van der Waals surface area contributed by atoms with E-state index >= 15 is 0 Å². The number of hydrogen-bond acceptors (Lipinski definition) is 8. The highest BCUT2D eigenvalue weighted by atomic mass is 32.2. The molecule has 35 heavy (non-hydrogen) atoms. The van der Waals surface area contributed by atoms with E-state index in [4.69, 9.17) is 19.2 Å². The van der Waals surface area contributed by atoms with Gasteiger partial charge in [-0.05, 0) is 66.3 Å². The van der Waals surface area contributed by atoms with Crippen LogP contribution in [0.25, 0.3) is 10.2 Å². The van der Waals surface area contributed by atoms with Gasteiger partial charge in [0.25, 0.3) is 0 Å². The highest BCUT2D eigenvalue weighted by Gasteiger charge is 2.22. The Morgan fingerprint density at radius 3 is 2.34 bits per heavy atom. The summed E-state index contributed by atoms with van der Waals surface area (Å²) in [5, 5.41) is 0.618. The van der Waals surface area contributed by atoms with E-state index in [0.29, 0.717) is 35.1 Å². The fourth-order valence-electron chi connectivity index (χ4n) is 3.54. The summed E-state index contributed by atoms with van der Waals surface area (Å²) >= 11 is 3.16. The summed E-state index contributed by atoms with van der Waals surface area (Å²) in [6, 6.07) is 15.5. The summed E-state index contributed by atoms with van der Waals surface area (Å²) in [7, 11) is 4.89. The first-order chi connectivity index (χ1) is 17.1. The van der Waals surface area contributed by atoms with Crippen LogP contribution in [0.1, 0.15) is 18.4 Å². The number of thioether (sulfide) groups is 1. The molecule has 9 heteroatoms. The van der Waals surface area contributed by atoms with Crippen molar-refractivity contribution in [1.29, 1.82) is 0 Å². The van der Waals surface area contributed by atoms with Crippen molar-refractivity contribution >= 4 is 44.4 Å². The van der Waals surface area contributed by atoms with Crippen molar-refractivity contribution in [3.05, 3.63) is 66.5 Å². The highest BCUT2D eigenvalue weighted by Crippen LogP contribution is 2.40. The number of benzene rings is 2. The van der Waals surface area contributed by atoms with Gasteiger partial charge < -0.3 is 14.2 Å². The van der Waals surface area contributed by atoms with Crippen LogP contribution >= 0.6 is 23.1 Å². The second-order valence-corrected chi connectivity index (χ2v) is 9.75. The Morgan fingerprint density at radius 1 is 0.943 bits per heavy atom. The zero-order chi connectivity index (χ0) is 24.6. The number of nitrogens with zero attached hydrogens (tertiary/aromatic N) is 3. The average molecular weight is 510 g/mol. The molecule has 0 radical (unpaired) electrons. The zero-order valence-electron chi connectivity index (χ0n) is 19.9. The number of carbonyl (C=O) groups is 1. The molecule has 0 aliphatic carbocycles. The van der Waals surface area contributed by atoms with Gasteiger partial charge in [-0.2, -0.15) is 0 Å². The predicted molar refractivity (Wildman–Crippen MR) is 141 cm³/mol. The van der Waals surface area contributed by atoms with Gasteiger partial charge in [-0.15, -0.1) is 11.8 Å². The van der Waals surface area contributed by atoms with E-state index in [1.54, 1.807) is 50.4 Å². The van der Waals surface area contributed by atoms with E-state index in [2.05, 4.69) is 4.98 Å². The second-order valence-electron chi connectivity index (χ2n) is 7.61. The Hall–Kier alpha value is -3.30. The molecule has 0 saturated carbocycles. The number of hydrogen-bond donors (Lipinski definition) is 0. The van der Waals surface area contributed by atoms with Crippen molar-refractivity contribution in [3.63, 3.8) is 0 Å². The Morgan fingerprint density at radius 2 is 1.66 bits per heavy atom. The van der Waals surface area contributed by atoms with Crippen molar-refractivity contribution in [2.24, 2.45) is 0 Å². The average Bonchev–Trinajstić information content (AvgIpc) is 3.35. The van der Waals surface area contributed by atoms with Gasteiger partial charge >= 0.3 is 0 Å². The highest BCUT2D eigenvalue weighted by molar-refractivity contribution is 7.99. The molecule has 0 aliphatic heterocycles. The summed E-state index contributed by atoms with van der Waals surface area (Å²) in [6.07, 6.45) is 4.63. The van der Waals surface area contributed by atoms with Crippen molar-refractivity contribution in [2.75, 3.05) is 32.0 Å². The number of ether oxygens (including phenoxy) is 3. The SMILES string of the molecule is COc1ccc(SCCCC(=O)N(Cc2ccncc2)c2nc3c(OC)ccc(OC)c3s2)cc1. The maximum atomic E-state index is 13.4. The lowest BCUT2D eigenvalue weighted by Crippen LogP contribution is -2.30. The van der Waals surface area contributed by atoms with E-state index in [0.717, 1.165) is 33.1 Å². The van der Waals surface area contributed by atoms with Crippen LogP contribution in [-0.4, -0.2) is 43.0 Å². The maximum absolute atomic E-state index is 13.4.